The van der Waals surface area contributed by atoms with E-state index in [0.717, 1.165) is 43.3 Å². The molecule has 1 unspecified atom stereocenters. The molecule has 170 valence electrons. The Morgan fingerprint density at radius 3 is 2.68 bits per heavy atom. The van der Waals surface area contributed by atoms with E-state index in [9.17, 15) is 4.79 Å². The Bertz CT molecular complexity index is 821. The molecule has 1 fully saturated rings. The minimum Gasteiger partial charge on any atom is -0.354 e. The average molecular weight is 556 g/mol. The van der Waals surface area contributed by atoms with Crippen LogP contribution in [-0.4, -0.2) is 43.4 Å². The van der Waals surface area contributed by atoms with Crippen molar-refractivity contribution in [3.63, 3.8) is 0 Å². The van der Waals surface area contributed by atoms with Crippen molar-refractivity contribution in [1.82, 2.24) is 15.5 Å². The summed E-state index contributed by atoms with van der Waals surface area (Å²) in [7, 11) is 1.80. The van der Waals surface area contributed by atoms with E-state index in [0.29, 0.717) is 19.0 Å². The molecule has 1 amide bonds. The number of anilines is 1. The van der Waals surface area contributed by atoms with Gasteiger partial charge in [0.25, 0.3) is 0 Å². The van der Waals surface area contributed by atoms with Crippen LogP contribution in [0.4, 0.5) is 5.69 Å². The predicted molar refractivity (Wildman–Crippen MR) is 141 cm³/mol. The zero-order valence-corrected chi connectivity index (χ0v) is 21.5. The number of hydrogen-bond donors (Lipinski definition) is 3. The number of hydrogen-bond acceptors (Lipinski definition) is 4. The van der Waals surface area contributed by atoms with Gasteiger partial charge in [0, 0.05) is 37.1 Å². The first-order valence-corrected chi connectivity index (χ1v) is 11.7. The van der Waals surface area contributed by atoms with Gasteiger partial charge in [-0.05, 0) is 61.5 Å². The van der Waals surface area contributed by atoms with Gasteiger partial charge in [-0.25, -0.2) is 0 Å². The number of nitrogens with one attached hydrogen (secondary N) is 3. The molecule has 0 bridgehead atoms. The Morgan fingerprint density at radius 1 is 1.19 bits per heavy atom. The maximum atomic E-state index is 11.8. The highest BCUT2D eigenvalue weighted by Gasteiger charge is 2.24. The first-order chi connectivity index (χ1) is 14.7. The SMILES string of the molecule is CCCC(=O)Nc1cccc(CNC(=NC)NCC(c2cccs2)N2CCCC2)c1.I. The van der Waals surface area contributed by atoms with Gasteiger partial charge in [-0.2, -0.15) is 0 Å². The second-order valence-corrected chi connectivity index (χ2v) is 8.56. The number of halogens is 1. The zero-order valence-electron chi connectivity index (χ0n) is 18.4. The lowest BCUT2D eigenvalue weighted by Crippen LogP contribution is -2.42. The molecule has 2 heterocycles. The minimum absolute atomic E-state index is 0. The number of carbonyl (C=O) groups excluding carboxylic acids is 1. The number of likely N-dealkylation sites (tertiary alicyclic amines) is 1. The second kappa shape index (κ2) is 13.7. The van der Waals surface area contributed by atoms with Crippen LogP contribution in [0.5, 0.6) is 0 Å². The highest BCUT2D eigenvalue weighted by molar-refractivity contribution is 14.0. The number of benzene rings is 1. The van der Waals surface area contributed by atoms with E-state index in [1.807, 2.05) is 36.5 Å². The molecule has 1 aliphatic rings. The van der Waals surface area contributed by atoms with Crippen LogP contribution in [0.3, 0.4) is 0 Å². The molecule has 3 rings (SSSR count). The number of aliphatic imine (C=N–C) groups is 1. The first-order valence-electron chi connectivity index (χ1n) is 10.8. The Kier molecular flexibility index (Phi) is 11.3. The number of thiophene rings is 1. The van der Waals surface area contributed by atoms with E-state index >= 15 is 0 Å². The molecule has 2 aromatic rings. The largest absolute Gasteiger partial charge is 0.354 e. The quantitative estimate of drug-likeness (QED) is 0.240. The third-order valence-corrected chi connectivity index (χ3v) is 6.26. The Hall–Kier alpha value is -1.65. The van der Waals surface area contributed by atoms with Crippen molar-refractivity contribution in [2.75, 3.05) is 32.0 Å². The van der Waals surface area contributed by atoms with Crippen molar-refractivity contribution in [2.24, 2.45) is 4.99 Å². The van der Waals surface area contributed by atoms with Crippen molar-refractivity contribution < 1.29 is 4.79 Å². The molecule has 8 heteroatoms. The van der Waals surface area contributed by atoms with E-state index in [-0.39, 0.29) is 29.9 Å². The van der Waals surface area contributed by atoms with Crippen molar-refractivity contribution in [2.45, 2.75) is 45.2 Å². The summed E-state index contributed by atoms with van der Waals surface area (Å²) < 4.78 is 0. The topological polar surface area (TPSA) is 68.8 Å². The number of carbonyl (C=O) groups is 1. The smallest absolute Gasteiger partial charge is 0.224 e. The fourth-order valence-electron chi connectivity index (χ4n) is 3.75. The summed E-state index contributed by atoms with van der Waals surface area (Å²) in [6.07, 6.45) is 3.94. The van der Waals surface area contributed by atoms with Crippen LogP contribution in [0.25, 0.3) is 0 Å². The lowest BCUT2D eigenvalue weighted by molar-refractivity contribution is -0.116. The monoisotopic (exact) mass is 555 g/mol. The Balaban J connectivity index is 0.00000341. The van der Waals surface area contributed by atoms with Crippen LogP contribution >= 0.6 is 35.3 Å². The molecule has 1 saturated heterocycles. The van der Waals surface area contributed by atoms with Gasteiger partial charge in [-0.3, -0.25) is 14.7 Å². The van der Waals surface area contributed by atoms with E-state index in [1.54, 1.807) is 7.05 Å². The van der Waals surface area contributed by atoms with Crippen LogP contribution in [0.1, 0.15) is 49.1 Å². The van der Waals surface area contributed by atoms with Crippen LogP contribution in [-0.2, 0) is 11.3 Å². The fraction of sp³-hybridized carbons (Fsp3) is 0.478. The summed E-state index contributed by atoms with van der Waals surface area (Å²) in [4.78, 5) is 20.2. The molecule has 0 spiro atoms. The maximum absolute atomic E-state index is 11.8. The number of guanidine groups is 1. The van der Waals surface area contributed by atoms with Gasteiger partial charge < -0.3 is 16.0 Å². The van der Waals surface area contributed by atoms with Crippen LogP contribution in [0.15, 0.2) is 46.8 Å². The average Bonchev–Trinajstić information content (AvgIpc) is 3.46. The zero-order chi connectivity index (χ0) is 21.2. The molecule has 1 atom stereocenters. The molecular formula is C23H34IN5OS. The van der Waals surface area contributed by atoms with Gasteiger partial charge in [-0.1, -0.05) is 25.1 Å². The van der Waals surface area contributed by atoms with Gasteiger partial charge in [-0.15, -0.1) is 35.3 Å². The summed E-state index contributed by atoms with van der Waals surface area (Å²) in [5, 5.41) is 12.0. The van der Waals surface area contributed by atoms with Gasteiger partial charge in [0.1, 0.15) is 0 Å². The van der Waals surface area contributed by atoms with Crippen molar-refractivity contribution >= 4 is 52.9 Å². The van der Waals surface area contributed by atoms with Gasteiger partial charge in [0.05, 0.1) is 6.04 Å². The Labute approximate surface area is 206 Å². The van der Waals surface area contributed by atoms with Crippen LogP contribution in [0.2, 0.25) is 0 Å². The van der Waals surface area contributed by atoms with Crippen LogP contribution < -0.4 is 16.0 Å². The number of amides is 1. The van der Waals surface area contributed by atoms with Gasteiger partial charge >= 0.3 is 0 Å². The third kappa shape index (κ3) is 8.08. The van der Waals surface area contributed by atoms with Crippen LogP contribution in [0, 0.1) is 0 Å². The minimum atomic E-state index is 0. The molecule has 1 aromatic carbocycles. The van der Waals surface area contributed by atoms with E-state index in [1.165, 1.54) is 17.7 Å². The molecule has 1 aliphatic heterocycles. The molecule has 6 nitrogen and oxygen atoms in total. The summed E-state index contributed by atoms with van der Waals surface area (Å²) in [5.41, 5.74) is 1.93. The van der Waals surface area contributed by atoms with E-state index in [2.05, 4.69) is 49.4 Å². The second-order valence-electron chi connectivity index (χ2n) is 7.58. The lowest BCUT2D eigenvalue weighted by atomic mass is 10.2. The van der Waals surface area contributed by atoms with Crippen molar-refractivity contribution in [1.29, 1.82) is 0 Å². The fourth-order valence-corrected chi connectivity index (χ4v) is 4.61. The van der Waals surface area contributed by atoms with Gasteiger partial charge in [0.15, 0.2) is 5.96 Å². The molecule has 0 aliphatic carbocycles. The summed E-state index contributed by atoms with van der Waals surface area (Å²) in [6.45, 7) is 5.79. The standard InChI is InChI=1S/C23H33N5OS.HI/c1-3-8-22(29)27-19-10-6-9-18(15-19)16-25-23(24-2)26-17-20(21-11-7-14-30-21)28-12-4-5-13-28;/h6-7,9-11,14-15,20H,3-5,8,12-13,16-17H2,1-2H3,(H,27,29)(H2,24,25,26);1H. The molecule has 0 radical (unpaired) electrons. The van der Waals surface area contributed by atoms with E-state index < -0.39 is 0 Å². The molecular weight excluding hydrogens is 521 g/mol. The summed E-state index contributed by atoms with van der Waals surface area (Å²) >= 11 is 1.82. The summed E-state index contributed by atoms with van der Waals surface area (Å²) in [6, 6.07) is 12.7. The predicted octanol–water partition coefficient (Wildman–Crippen LogP) is 4.61. The number of rotatable bonds is 9. The normalized spacial score (nSPS) is 15.2. The summed E-state index contributed by atoms with van der Waals surface area (Å²) in [5.74, 6) is 0.845. The third-order valence-electron chi connectivity index (χ3n) is 5.29. The highest BCUT2D eigenvalue weighted by atomic mass is 127. The number of nitrogens with zero attached hydrogens (tertiary/aromatic N) is 2. The Morgan fingerprint density at radius 2 is 2.00 bits per heavy atom. The van der Waals surface area contributed by atoms with Crippen molar-refractivity contribution in [3.05, 3.63) is 52.2 Å². The molecule has 1 aromatic heterocycles. The van der Waals surface area contributed by atoms with E-state index in [4.69, 9.17) is 0 Å². The highest BCUT2D eigenvalue weighted by Crippen LogP contribution is 2.27. The molecule has 0 saturated carbocycles. The maximum Gasteiger partial charge on any atom is 0.224 e. The first kappa shape index (κ1) is 25.6. The molecule has 31 heavy (non-hydrogen) atoms. The molecule has 3 N–H and O–H groups in total. The lowest BCUT2D eigenvalue weighted by Gasteiger charge is -2.27. The van der Waals surface area contributed by atoms with Crippen molar-refractivity contribution in [3.8, 4) is 0 Å². The van der Waals surface area contributed by atoms with Gasteiger partial charge in [0.2, 0.25) is 5.91 Å².